The second-order valence-electron chi connectivity index (χ2n) is 10.7. The molecule has 0 aliphatic carbocycles. The van der Waals surface area contributed by atoms with E-state index in [-0.39, 0.29) is 23.9 Å². The van der Waals surface area contributed by atoms with E-state index < -0.39 is 0 Å². The highest BCUT2D eigenvalue weighted by Crippen LogP contribution is 2.34. The predicted octanol–water partition coefficient (Wildman–Crippen LogP) is 5.01. The van der Waals surface area contributed by atoms with Gasteiger partial charge in [0.2, 0.25) is 5.91 Å². The van der Waals surface area contributed by atoms with Gasteiger partial charge in [-0.25, -0.2) is 0 Å². The maximum Gasteiger partial charge on any atom is 0.251 e. The molecule has 1 saturated heterocycles. The normalized spacial score (nSPS) is 18.4. The van der Waals surface area contributed by atoms with Crippen LogP contribution in [0.4, 0.5) is 0 Å². The number of benzene rings is 3. The van der Waals surface area contributed by atoms with Crippen molar-refractivity contribution >= 4 is 29.0 Å². The van der Waals surface area contributed by atoms with Crippen LogP contribution in [0, 0.1) is 0 Å². The minimum atomic E-state index is -0.201. The van der Waals surface area contributed by atoms with Crippen molar-refractivity contribution in [2.45, 2.75) is 38.3 Å². The van der Waals surface area contributed by atoms with E-state index in [9.17, 15) is 9.59 Å². The average Bonchev–Trinajstić information content (AvgIpc) is 2.96. The highest BCUT2D eigenvalue weighted by Gasteiger charge is 2.39. The SMILES string of the molecule is CC(=O)N1CC2CC(c3cccc(CCOc4cccc(Cl)c4)c3)=C(C(=O)N(C)CCc3ccccc3)[C@@H](C1)N2. The zero-order valence-electron chi connectivity index (χ0n) is 23.1. The van der Waals surface area contributed by atoms with E-state index in [1.165, 1.54) is 5.56 Å². The molecule has 3 aromatic carbocycles. The number of likely N-dealkylation sites (N-methyl/N-ethyl adjacent to an activating group) is 1. The van der Waals surface area contributed by atoms with Crippen molar-refractivity contribution in [3.05, 3.63) is 106 Å². The van der Waals surface area contributed by atoms with Crippen molar-refractivity contribution in [1.82, 2.24) is 15.1 Å². The standard InChI is InChI=1S/C33H36ClN3O3/c1-23(38)37-21-28-20-30(26-11-6-10-25(18-26)15-17-40-29-13-7-12-27(34)19-29)32(31(22-37)35-28)33(39)36(2)16-14-24-8-4-3-5-9-24/h3-13,18-19,28,31,35H,14-17,20-22H2,1-2H3/t28?,31-/m1/s1. The van der Waals surface area contributed by atoms with Crippen molar-refractivity contribution in [1.29, 1.82) is 0 Å². The van der Waals surface area contributed by atoms with Crippen LogP contribution >= 0.6 is 11.6 Å². The smallest absolute Gasteiger partial charge is 0.251 e. The summed E-state index contributed by atoms with van der Waals surface area (Å²) in [6, 6.07) is 26.0. The van der Waals surface area contributed by atoms with Crippen molar-refractivity contribution in [3.8, 4) is 5.75 Å². The van der Waals surface area contributed by atoms with Gasteiger partial charge in [0.25, 0.3) is 5.91 Å². The quantitative estimate of drug-likeness (QED) is 0.402. The van der Waals surface area contributed by atoms with Gasteiger partial charge in [-0.1, -0.05) is 72.3 Å². The molecule has 2 aliphatic rings. The van der Waals surface area contributed by atoms with E-state index in [1.54, 1.807) is 6.92 Å². The zero-order valence-corrected chi connectivity index (χ0v) is 23.9. The Balaban J connectivity index is 1.38. The summed E-state index contributed by atoms with van der Waals surface area (Å²) in [5, 5.41) is 4.29. The minimum Gasteiger partial charge on any atom is -0.493 e. The Bertz CT molecular complexity index is 1390. The molecule has 2 amide bonds. The molecule has 0 aromatic heterocycles. The molecule has 3 aromatic rings. The van der Waals surface area contributed by atoms with Crippen LogP contribution < -0.4 is 10.1 Å². The molecule has 2 atom stereocenters. The Kier molecular flexibility index (Phi) is 8.88. The van der Waals surface area contributed by atoms with E-state index in [1.807, 2.05) is 59.3 Å². The van der Waals surface area contributed by atoms with Gasteiger partial charge < -0.3 is 19.9 Å². The monoisotopic (exact) mass is 557 g/mol. The van der Waals surface area contributed by atoms with E-state index >= 15 is 0 Å². The van der Waals surface area contributed by atoms with Crippen molar-refractivity contribution in [2.75, 3.05) is 33.3 Å². The van der Waals surface area contributed by atoms with Gasteiger partial charge in [0, 0.05) is 56.7 Å². The summed E-state index contributed by atoms with van der Waals surface area (Å²) in [6.45, 7) is 3.89. The van der Waals surface area contributed by atoms with Gasteiger partial charge in [-0.3, -0.25) is 9.59 Å². The summed E-state index contributed by atoms with van der Waals surface area (Å²) in [5.41, 5.74) is 5.25. The summed E-state index contributed by atoms with van der Waals surface area (Å²) in [6.07, 6.45) is 2.21. The van der Waals surface area contributed by atoms with Gasteiger partial charge in [-0.2, -0.15) is 0 Å². The lowest BCUT2D eigenvalue weighted by molar-refractivity contribution is -0.132. The van der Waals surface area contributed by atoms with Gasteiger partial charge in [-0.05, 0) is 53.3 Å². The topological polar surface area (TPSA) is 61.9 Å². The number of ether oxygens (including phenoxy) is 1. The molecule has 1 fully saturated rings. The van der Waals surface area contributed by atoms with Gasteiger partial charge in [0.05, 0.1) is 12.6 Å². The number of hydrogen-bond donors (Lipinski definition) is 1. The first kappa shape index (κ1) is 27.9. The molecule has 208 valence electrons. The maximum atomic E-state index is 14.0. The number of piperazine rings is 1. The highest BCUT2D eigenvalue weighted by atomic mass is 35.5. The molecule has 0 saturated carbocycles. The first-order valence-electron chi connectivity index (χ1n) is 13.9. The third-order valence-electron chi connectivity index (χ3n) is 7.74. The van der Waals surface area contributed by atoms with E-state index in [2.05, 4.69) is 41.7 Å². The Morgan fingerprint density at radius 1 is 0.975 bits per heavy atom. The van der Waals surface area contributed by atoms with Crippen molar-refractivity contribution in [2.24, 2.45) is 0 Å². The van der Waals surface area contributed by atoms with Crippen molar-refractivity contribution in [3.63, 3.8) is 0 Å². The number of halogens is 1. The number of rotatable bonds is 9. The molecule has 6 nitrogen and oxygen atoms in total. The molecule has 40 heavy (non-hydrogen) atoms. The molecule has 0 spiro atoms. The maximum absolute atomic E-state index is 14.0. The Morgan fingerprint density at radius 2 is 1.75 bits per heavy atom. The zero-order chi connectivity index (χ0) is 28.1. The van der Waals surface area contributed by atoms with Crippen LogP contribution in [0.1, 0.15) is 30.0 Å². The summed E-state index contributed by atoms with van der Waals surface area (Å²) in [7, 11) is 1.87. The lowest BCUT2D eigenvalue weighted by Gasteiger charge is -2.44. The van der Waals surface area contributed by atoms with E-state index in [4.69, 9.17) is 16.3 Å². The molecular weight excluding hydrogens is 522 g/mol. The van der Waals surface area contributed by atoms with Crippen LogP contribution in [0.25, 0.3) is 5.57 Å². The van der Waals surface area contributed by atoms with E-state index in [0.717, 1.165) is 40.9 Å². The van der Waals surface area contributed by atoms with E-state index in [0.29, 0.717) is 37.7 Å². The number of nitrogens with one attached hydrogen (secondary N) is 1. The van der Waals surface area contributed by atoms with Gasteiger partial charge >= 0.3 is 0 Å². The Morgan fingerprint density at radius 3 is 2.52 bits per heavy atom. The molecule has 1 unspecified atom stereocenters. The molecule has 1 N–H and O–H groups in total. The van der Waals surface area contributed by atoms with Crippen LogP contribution in [-0.4, -0.2) is 67.0 Å². The fraction of sp³-hybridized carbons (Fsp3) is 0.333. The van der Waals surface area contributed by atoms with Crippen LogP contribution in [0.5, 0.6) is 5.75 Å². The van der Waals surface area contributed by atoms with Crippen LogP contribution in [0.15, 0.2) is 84.4 Å². The number of nitrogens with zero attached hydrogens (tertiary/aromatic N) is 2. The molecule has 2 heterocycles. The largest absolute Gasteiger partial charge is 0.493 e. The number of fused-ring (bicyclic) bond motifs is 2. The van der Waals surface area contributed by atoms with Crippen molar-refractivity contribution < 1.29 is 14.3 Å². The van der Waals surface area contributed by atoms with Crippen LogP contribution in [-0.2, 0) is 22.4 Å². The summed E-state index contributed by atoms with van der Waals surface area (Å²) in [4.78, 5) is 30.0. The second-order valence-corrected chi connectivity index (χ2v) is 11.1. The minimum absolute atomic E-state index is 0.0157. The number of carbonyl (C=O) groups excluding carboxylic acids is 2. The van der Waals surface area contributed by atoms with Crippen LogP contribution in [0.3, 0.4) is 0 Å². The molecule has 7 heteroatoms. The lowest BCUT2D eigenvalue weighted by atomic mass is 9.82. The Hall–Kier alpha value is -3.61. The predicted molar refractivity (Wildman–Crippen MR) is 159 cm³/mol. The number of carbonyl (C=O) groups is 2. The first-order chi connectivity index (χ1) is 19.4. The first-order valence-corrected chi connectivity index (χ1v) is 14.3. The molecule has 0 radical (unpaired) electrons. The summed E-state index contributed by atoms with van der Waals surface area (Å²) in [5.74, 6) is 0.812. The summed E-state index contributed by atoms with van der Waals surface area (Å²) >= 11 is 6.08. The van der Waals surface area contributed by atoms with Gasteiger partial charge in [0.15, 0.2) is 0 Å². The fourth-order valence-electron chi connectivity index (χ4n) is 5.63. The third kappa shape index (κ3) is 6.75. The molecule has 2 bridgehead atoms. The highest BCUT2D eigenvalue weighted by molar-refractivity contribution is 6.30. The molecule has 2 aliphatic heterocycles. The summed E-state index contributed by atoms with van der Waals surface area (Å²) < 4.78 is 5.92. The van der Waals surface area contributed by atoms with Gasteiger partial charge in [0.1, 0.15) is 5.75 Å². The van der Waals surface area contributed by atoms with Crippen LogP contribution in [0.2, 0.25) is 5.02 Å². The third-order valence-corrected chi connectivity index (χ3v) is 7.97. The molecular formula is C33H36ClN3O3. The molecule has 5 rings (SSSR count). The van der Waals surface area contributed by atoms with Gasteiger partial charge in [-0.15, -0.1) is 0 Å². The second kappa shape index (κ2) is 12.7. The number of amides is 2. The average molecular weight is 558 g/mol. The Labute approximate surface area is 241 Å². The lowest BCUT2D eigenvalue weighted by Crippen LogP contribution is -2.61. The number of hydrogen-bond acceptors (Lipinski definition) is 4. The fourth-order valence-corrected chi connectivity index (χ4v) is 5.81.